The van der Waals surface area contributed by atoms with Gasteiger partial charge in [0.25, 0.3) is 0 Å². The molecule has 1 aliphatic rings. The van der Waals surface area contributed by atoms with Crippen molar-refractivity contribution in [3.63, 3.8) is 0 Å². The zero-order valence-corrected chi connectivity index (χ0v) is 10.8. The van der Waals surface area contributed by atoms with Gasteiger partial charge in [0.2, 0.25) is 0 Å². The van der Waals surface area contributed by atoms with Crippen molar-refractivity contribution in [1.82, 2.24) is 5.32 Å². The Morgan fingerprint density at radius 3 is 2.72 bits per heavy atom. The normalized spacial score (nSPS) is 17.0. The Kier molecular flexibility index (Phi) is 5.14. The second-order valence-electron chi connectivity index (χ2n) is 5.22. The number of hydrogen-bond donors (Lipinski definition) is 2. The smallest absolute Gasteiger partial charge is 0.128 e. The maximum Gasteiger partial charge on any atom is 0.128 e. The highest BCUT2D eigenvalue weighted by atomic mass is 19.1. The van der Waals surface area contributed by atoms with Gasteiger partial charge in [0.05, 0.1) is 6.61 Å². The minimum Gasteiger partial charge on any atom is -0.392 e. The lowest BCUT2D eigenvalue weighted by molar-refractivity contribution is 0.275. The molecule has 1 aliphatic carbocycles. The van der Waals surface area contributed by atoms with Gasteiger partial charge in [0, 0.05) is 12.1 Å². The van der Waals surface area contributed by atoms with Gasteiger partial charge in [-0.15, -0.1) is 0 Å². The Balaban J connectivity index is 1.79. The molecule has 0 atom stereocenters. The fraction of sp³-hybridized carbons (Fsp3) is 0.600. The number of aliphatic hydroxyl groups is 1. The first-order chi connectivity index (χ1) is 8.79. The van der Waals surface area contributed by atoms with Crippen LogP contribution < -0.4 is 5.32 Å². The largest absolute Gasteiger partial charge is 0.392 e. The summed E-state index contributed by atoms with van der Waals surface area (Å²) in [6, 6.07) is 4.95. The summed E-state index contributed by atoms with van der Waals surface area (Å²) in [7, 11) is 0. The van der Waals surface area contributed by atoms with Gasteiger partial charge in [-0.25, -0.2) is 4.39 Å². The van der Waals surface area contributed by atoms with E-state index in [1.807, 2.05) is 0 Å². The zero-order valence-electron chi connectivity index (χ0n) is 10.8. The summed E-state index contributed by atoms with van der Waals surface area (Å²) in [5.41, 5.74) is 1.42. The Bertz CT molecular complexity index is 375. The van der Waals surface area contributed by atoms with Crippen LogP contribution in [0.5, 0.6) is 0 Å². The topological polar surface area (TPSA) is 32.3 Å². The highest BCUT2D eigenvalue weighted by Crippen LogP contribution is 2.22. The Morgan fingerprint density at radius 2 is 2.00 bits per heavy atom. The molecule has 1 aromatic carbocycles. The molecule has 0 spiro atoms. The van der Waals surface area contributed by atoms with Crippen molar-refractivity contribution in [1.29, 1.82) is 0 Å². The van der Waals surface area contributed by atoms with Crippen LogP contribution in [0.15, 0.2) is 18.2 Å². The summed E-state index contributed by atoms with van der Waals surface area (Å²) in [6.07, 6.45) is 6.76. The van der Waals surface area contributed by atoms with Crippen LogP contribution in [-0.2, 0) is 13.2 Å². The fourth-order valence-corrected chi connectivity index (χ4v) is 2.67. The summed E-state index contributed by atoms with van der Waals surface area (Å²) in [4.78, 5) is 0. The molecule has 1 saturated carbocycles. The van der Waals surface area contributed by atoms with Crippen molar-refractivity contribution >= 4 is 0 Å². The molecule has 0 unspecified atom stereocenters. The van der Waals surface area contributed by atoms with Gasteiger partial charge in [-0.1, -0.05) is 25.3 Å². The van der Waals surface area contributed by atoms with E-state index in [0.717, 1.165) is 24.6 Å². The van der Waals surface area contributed by atoms with E-state index < -0.39 is 0 Å². The molecule has 0 radical (unpaired) electrons. The molecule has 0 bridgehead atoms. The molecule has 0 aliphatic heterocycles. The minimum absolute atomic E-state index is 0.234. The van der Waals surface area contributed by atoms with Crippen LogP contribution in [0.25, 0.3) is 0 Å². The molecule has 1 aromatic rings. The van der Waals surface area contributed by atoms with E-state index in [1.165, 1.54) is 38.2 Å². The first-order valence-corrected chi connectivity index (χ1v) is 6.88. The van der Waals surface area contributed by atoms with Crippen LogP contribution in [0.4, 0.5) is 4.39 Å². The van der Waals surface area contributed by atoms with Crippen LogP contribution in [-0.4, -0.2) is 11.7 Å². The molecular weight excluding hydrogens is 229 g/mol. The third-order valence-corrected chi connectivity index (χ3v) is 3.77. The van der Waals surface area contributed by atoms with Gasteiger partial charge < -0.3 is 10.4 Å². The average molecular weight is 251 g/mol. The van der Waals surface area contributed by atoms with Gasteiger partial charge in [0.15, 0.2) is 0 Å². The van der Waals surface area contributed by atoms with Gasteiger partial charge in [0.1, 0.15) is 5.82 Å². The Hall–Kier alpha value is -0.930. The highest BCUT2D eigenvalue weighted by Gasteiger charge is 2.12. The standard InChI is InChI=1S/C15H22FNO/c16-15-7-6-13(8-14(15)11-18)10-17-9-12-4-2-1-3-5-12/h6-8,12,17-18H,1-5,9-11H2. The number of aliphatic hydroxyl groups excluding tert-OH is 1. The molecule has 0 saturated heterocycles. The van der Waals surface area contributed by atoms with E-state index >= 15 is 0 Å². The van der Waals surface area contributed by atoms with Crippen molar-refractivity contribution in [3.05, 3.63) is 35.1 Å². The number of hydrogen-bond acceptors (Lipinski definition) is 2. The number of halogens is 1. The van der Waals surface area contributed by atoms with Crippen molar-refractivity contribution in [3.8, 4) is 0 Å². The molecule has 18 heavy (non-hydrogen) atoms. The predicted octanol–water partition coefficient (Wildman–Crippen LogP) is 2.99. The second-order valence-corrected chi connectivity index (χ2v) is 5.22. The molecule has 3 heteroatoms. The third-order valence-electron chi connectivity index (χ3n) is 3.77. The molecule has 1 fully saturated rings. The quantitative estimate of drug-likeness (QED) is 0.843. The highest BCUT2D eigenvalue weighted by molar-refractivity contribution is 5.24. The van der Waals surface area contributed by atoms with Crippen LogP contribution in [0.3, 0.4) is 0 Å². The monoisotopic (exact) mass is 251 g/mol. The number of nitrogens with one attached hydrogen (secondary N) is 1. The van der Waals surface area contributed by atoms with Gasteiger partial charge in [-0.3, -0.25) is 0 Å². The zero-order chi connectivity index (χ0) is 12.8. The minimum atomic E-state index is -0.325. The second kappa shape index (κ2) is 6.86. The Morgan fingerprint density at radius 1 is 1.22 bits per heavy atom. The molecule has 2 rings (SSSR count). The van der Waals surface area contributed by atoms with Crippen molar-refractivity contribution in [2.24, 2.45) is 5.92 Å². The van der Waals surface area contributed by atoms with Crippen LogP contribution in [0.1, 0.15) is 43.2 Å². The molecule has 0 aromatic heterocycles. The molecule has 0 amide bonds. The average Bonchev–Trinajstić information content (AvgIpc) is 2.42. The molecule has 2 N–H and O–H groups in total. The number of benzene rings is 1. The van der Waals surface area contributed by atoms with E-state index in [2.05, 4.69) is 5.32 Å². The van der Waals surface area contributed by atoms with Crippen LogP contribution in [0.2, 0.25) is 0 Å². The van der Waals surface area contributed by atoms with Gasteiger partial charge >= 0.3 is 0 Å². The SMILES string of the molecule is OCc1cc(CNCC2CCCCC2)ccc1F. The summed E-state index contributed by atoms with van der Waals surface area (Å²) >= 11 is 0. The maximum atomic E-state index is 13.2. The van der Waals surface area contributed by atoms with E-state index in [1.54, 1.807) is 12.1 Å². The summed E-state index contributed by atoms with van der Waals surface area (Å²) in [5.74, 6) is 0.477. The molecular formula is C15H22FNO. The van der Waals surface area contributed by atoms with Crippen LogP contribution in [0, 0.1) is 11.7 Å². The summed E-state index contributed by atoms with van der Waals surface area (Å²) in [5, 5.41) is 12.4. The Labute approximate surface area is 108 Å². The van der Waals surface area contributed by atoms with Crippen molar-refractivity contribution < 1.29 is 9.50 Å². The van der Waals surface area contributed by atoms with Gasteiger partial charge in [-0.05, 0) is 43.0 Å². The van der Waals surface area contributed by atoms with E-state index in [-0.39, 0.29) is 12.4 Å². The lowest BCUT2D eigenvalue weighted by atomic mass is 9.89. The van der Waals surface area contributed by atoms with E-state index in [9.17, 15) is 4.39 Å². The summed E-state index contributed by atoms with van der Waals surface area (Å²) < 4.78 is 13.2. The molecule has 0 heterocycles. The number of rotatable bonds is 5. The lowest BCUT2D eigenvalue weighted by Gasteiger charge is -2.21. The van der Waals surface area contributed by atoms with Crippen molar-refractivity contribution in [2.45, 2.75) is 45.3 Å². The maximum absolute atomic E-state index is 13.2. The van der Waals surface area contributed by atoms with Crippen molar-refractivity contribution in [2.75, 3.05) is 6.54 Å². The lowest BCUT2D eigenvalue weighted by Crippen LogP contribution is -2.24. The van der Waals surface area contributed by atoms with E-state index in [4.69, 9.17) is 5.11 Å². The first kappa shape index (κ1) is 13.5. The van der Waals surface area contributed by atoms with E-state index in [0.29, 0.717) is 5.56 Å². The fourth-order valence-electron chi connectivity index (χ4n) is 2.67. The first-order valence-electron chi connectivity index (χ1n) is 6.88. The summed E-state index contributed by atoms with van der Waals surface area (Å²) in [6.45, 7) is 1.57. The molecule has 100 valence electrons. The predicted molar refractivity (Wildman–Crippen MR) is 70.6 cm³/mol. The van der Waals surface area contributed by atoms with Crippen LogP contribution >= 0.6 is 0 Å². The van der Waals surface area contributed by atoms with Gasteiger partial charge in [-0.2, -0.15) is 0 Å². The third kappa shape index (κ3) is 3.79. The molecule has 2 nitrogen and oxygen atoms in total.